The van der Waals surface area contributed by atoms with Crippen LogP contribution >= 0.6 is 0 Å². The van der Waals surface area contributed by atoms with E-state index in [4.69, 9.17) is 0 Å². The first-order valence-electron chi connectivity index (χ1n) is 9.26. The highest BCUT2D eigenvalue weighted by Crippen LogP contribution is 2.19. The summed E-state index contributed by atoms with van der Waals surface area (Å²) in [5.74, 6) is 0. The Kier molecular flexibility index (Phi) is 6.39. The van der Waals surface area contributed by atoms with Crippen LogP contribution in [0.2, 0.25) is 0 Å². The van der Waals surface area contributed by atoms with Gasteiger partial charge in [0.1, 0.15) is 0 Å². The summed E-state index contributed by atoms with van der Waals surface area (Å²) >= 11 is 0. The molecule has 0 N–H and O–H groups in total. The van der Waals surface area contributed by atoms with Crippen LogP contribution in [0.5, 0.6) is 0 Å². The average molecular weight is 328 g/mol. The second kappa shape index (κ2) is 9.17. The van der Waals surface area contributed by atoms with Gasteiger partial charge in [0.05, 0.1) is 0 Å². The molecule has 0 bridgehead atoms. The van der Waals surface area contributed by atoms with Gasteiger partial charge in [-0.05, 0) is 85.9 Å². The Bertz CT molecular complexity index is 763. The summed E-state index contributed by atoms with van der Waals surface area (Å²) in [6.07, 6.45) is 8.59. The molecule has 3 aromatic rings. The van der Waals surface area contributed by atoms with E-state index >= 15 is 0 Å². The van der Waals surface area contributed by atoms with Crippen molar-refractivity contribution >= 4 is 0 Å². The van der Waals surface area contributed by atoms with Crippen molar-refractivity contribution in [1.82, 2.24) is 4.98 Å². The minimum Gasteiger partial charge on any atom is -0.261 e. The maximum absolute atomic E-state index is 4.43. The molecule has 0 atom stereocenters. The molecule has 0 saturated carbocycles. The molecule has 0 spiro atoms. The molecule has 0 aliphatic heterocycles. The van der Waals surface area contributed by atoms with Gasteiger partial charge in [-0.3, -0.25) is 4.98 Å². The Hall–Kier alpha value is -2.41. The van der Waals surface area contributed by atoms with Crippen molar-refractivity contribution in [1.29, 1.82) is 0 Å². The molecule has 0 aliphatic carbocycles. The van der Waals surface area contributed by atoms with Crippen molar-refractivity contribution in [2.24, 2.45) is 0 Å². The first-order valence-corrected chi connectivity index (χ1v) is 9.26. The lowest BCUT2D eigenvalue weighted by molar-refractivity contribution is 0.765. The molecule has 3 rings (SSSR count). The van der Waals surface area contributed by atoms with Crippen LogP contribution in [0.4, 0.5) is 0 Å². The molecule has 1 nitrogen and oxygen atoms in total. The summed E-state index contributed by atoms with van der Waals surface area (Å²) in [7, 11) is 0. The van der Waals surface area contributed by atoms with Crippen LogP contribution in [0.15, 0.2) is 66.9 Å². The van der Waals surface area contributed by atoms with Crippen LogP contribution in [0.1, 0.15) is 40.8 Å². The summed E-state index contributed by atoms with van der Waals surface area (Å²) in [5, 5.41) is 0. The van der Waals surface area contributed by atoms with Crippen molar-refractivity contribution in [2.75, 3.05) is 0 Å². The Balaban J connectivity index is 1.57. The fourth-order valence-electron chi connectivity index (χ4n) is 3.37. The summed E-state index contributed by atoms with van der Waals surface area (Å²) in [6.45, 7) is 2.23. The zero-order valence-electron chi connectivity index (χ0n) is 15.0. The van der Waals surface area contributed by atoms with Crippen LogP contribution in [-0.4, -0.2) is 4.98 Å². The van der Waals surface area contributed by atoms with Crippen LogP contribution in [0.25, 0.3) is 0 Å². The SMILES string of the molecule is Cc1cc[c]c(CCCc2ccccc2)c1CCCc1ccccn1. The smallest absolute Gasteiger partial charge is 0.0403 e. The zero-order valence-corrected chi connectivity index (χ0v) is 15.0. The van der Waals surface area contributed by atoms with Crippen molar-refractivity contribution in [3.8, 4) is 0 Å². The van der Waals surface area contributed by atoms with E-state index < -0.39 is 0 Å². The minimum absolute atomic E-state index is 1.04. The molecule has 1 heterocycles. The van der Waals surface area contributed by atoms with Crippen molar-refractivity contribution in [3.05, 3.63) is 101 Å². The average Bonchev–Trinajstić information content (AvgIpc) is 2.65. The molecule has 0 saturated heterocycles. The second-order valence-electron chi connectivity index (χ2n) is 6.63. The van der Waals surface area contributed by atoms with Gasteiger partial charge < -0.3 is 0 Å². The highest BCUT2D eigenvalue weighted by molar-refractivity contribution is 5.34. The highest BCUT2D eigenvalue weighted by atomic mass is 14.7. The lowest BCUT2D eigenvalue weighted by Crippen LogP contribution is -2.01. The van der Waals surface area contributed by atoms with Crippen LogP contribution < -0.4 is 0 Å². The lowest BCUT2D eigenvalue weighted by atomic mass is 9.93. The largest absolute Gasteiger partial charge is 0.261 e. The lowest BCUT2D eigenvalue weighted by Gasteiger charge is -2.12. The van der Waals surface area contributed by atoms with E-state index in [1.807, 2.05) is 12.3 Å². The van der Waals surface area contributed by atoms with E-state index in [0.29, 0.717) is 0 Å². The van der Waals surface area contributed by atoms with Gasteiger partial charge >= 0.3 is 0 Å². The minimum atomic E-state index is 1.04. The Morgan fingerprint density at radius 3 is 2.40 bits per heavy atom. The van der Waals surface area contributed by atoms with Gasteiger partial charge in [-0.1, -0.05) is 48.5 Å². The fourth-order valence-corrected chi connectivity index (χ4v) is 3.37. The predicted octanol–water partition coefficient (Wildman–Crippen LogP) is 5.54. The van der Waals surface area contributed by atoms with Crippen molar-refractivity contribution in [2.45, 2.75) is 45.4 Å². The fraction of sp³-hybridized carbons (Fsp3) is 0.292. The third kappa shape index (κ3) is 5.29. The number of benzene rings is 2. The van der Waals surface area contributed by atoms with E-state index in [1.165, 1.54) is 34.4 Å². The second-order valence-corrected chi connectivity index (χ2v) is 6.63. The molecule has 1 heteroatoms. The normalized spacial score (nSPS) is 10.8. The molecule has 127 valence electrons. The van der Waals surface area contributed by atoms with Gasteiger partial charge in [-0.25, -0.2) is 0 Å². The Morgan fingerprint density at radius 1 is 0.800 bits per heavy atom. The number of hydrogen-bond acceptors (Lipinski definition) is 1. The third-order valence-electron chi connectivity index (χ3n) is 4.75. The molecule has 1 radical (unpaired) electrons. The van der Waals surface area contributed by atoms with E-state index in [-0.39, 0.29) is 0 Å². The van der Waals surface area contributed by atoms with Gasteiger partial charge in [0, 0.05) is 11.9 Å². The van der Waals surface area contributed by atoms with Gasteiger partial charge in [0.25, 0.3) is 0 Å². The topological polar surface area (TPSA) is 12.9 Å². The van der Waals surface area contributed by atoms with Gasteiger partial charge in [0.15, 0.2) is 0 Å². The van der Waals surface area contributed by atoms with E-state index in [2.05, 4.69) is 72.6 Å². The number of nitrogens with zero attached hydrogens (tertiary/aromatic N) is 1. The summed E-state index contributed by atoms with van der Waals surface area (Å²) in [4.78, 5) is 4.43. The highest BCUT2D eigenvalue weighted by Gasteiger charge is 2.07. The number of hydrogen-bond donors (Lipinski definition) is 0. The van der Waals surface area contributed by atoms with Crippen LogP contribution in [0.3, 0.4) is 0 Å². The predicted molar refractivity (Wildman–Crippen MR) is 105 cm³/mol. The maximum Gasteiger partial charge on any atom is 0.0403 e. The van der Waals surface area contributed by atoms with E-state index in [0.717, 1.165) is 32.1 Å². The Morgan fingerprint density at radius 2 is 1.60 bits per heavy atom. The van der Waals surface area contributed by atoms with Crippen LogP contribution in [0, 0.1) is 13.0 Å². The van der Waals surface area contributed by atoms with Gasteiger partial charge in [-0.15, -0.1) is 0 Å². The first-order chi connectivity index (χ1) is 12.3. The monoisotopic (exact) mass is 328 g/mol. The summed E-state index contributed by atoms with van der Waals surface area (Å²) < 4.78 is 0. The van der Waals surface area contributed by atoms with Gasteiger partial charge in [0.2, 0.25) is 0 Å². The Labute approximate surface area is 151 Å². The van der Waals surface area contributed by atoms with Gasteiger partial charge in [-0.2, -0.15) is 0 Å². The molecule has 0 amide bonds. The number of pyridine rings is 1. The van der Waals surface area contributed by atoms with Crippen molar-refractivity contribution < 1.29 is 0 Å². The molecule has 1 aromatic heterocycles. The third-order valence-corrected chi connectivity index (χ3v) is 4.75. The molecular formula is C24H26N. The summed E-state index contributed by atoms with van der Waals surface area (Å²) in [6, 6.07) is 24.7. The van der Waals surface area contributed by atoms with E-state index in [9.17, 15) is 0 Å². The van der Waals surface area contributed by atoms with Crippen LogP contribution in [-0.2, 0) is 25.7 Å². The first kappa shape index (κ1) is 17.4. The molecular weight excluding hydrogens is 302 g/mol. The number of aryl methyl sites for hydroxylation is 4. The molecule has 25 heavy (non-hydrogen) atoms. The van der Waals surface area contributed by atoms with E-state index in [1.54, 1.807) is 0 Å². The molecule has 2 aromatic carbocycles. The quantitative estimate of drug-likeness (QED) is 0.529. The molecule has 0 aliphatic rings. The molecule has 0 unspecified atom stereocenters. The summed E-state index contributed by atoms with van der Waals surface area (Å²) in [5.41, 5.74) is 6.90. The van der Waals surface area contributed by atoms with Crippen molar-refractivity contribution in [3.63, 3.8) is 0 Å². The zero-order chi connectivity index (χ0) is 17.3. The standard InChI is InChI=1S/C24H26N/c1-20-10-7-14-22(15-8-13-21-11-3-2-4-12-21)24(20)18-9-17-23-16-5-6-19-25-23/h2-7,10-12,16,19H,8-9,13,15,17-18H2,1H3. The maximum atomic E-state index is 4.43. The number of rotatable bonds is 8. The number of aromatic nitrogens is 1. The molecule has 0 fully saturated rings.